The summed E-state index contributed by atoms with van der Waals surface area (Å²) in [6.07, 6.45) is 6.99. The second kappa shape index (κ2) is 7.64. The van der Waals surface area contributed by atoms with E-state index in [1.807, 2.05) is 6.08 Å². The fourth-order valence-corrected chi connectivity index (χ4v) is 3.07. The van der Waals surface area contributed by atoms with Gasteiger partial charge in [0.25, 0.3) is 0 Å². The topological polar surface area (TPSA) is 29.5 Å². The summed E-state index contributed by atoms with van der Waals surface area (Å²) >= 11 is 3.52. The molecular weight excluding hydrogens is 330 g/mol. The summed E-state index contributed by atoms with van der Waals surface area (Å²) in [5.41, 5.74) is 2.88. The van der Waals surface area contributed by atoms with Crippen LogP contribution in [-0.4, -0.2) is 26.2 Å². The van der Waals surface area contributed by atoms with Gasteiger partial charge in [-0.15, -0.1) is 0 Å². The van der Waals surface area contributed by atoms with Gasteiger partial charge in [0.15, 0.2) is 0 Å². The second-order valence-electron chi connectivity index (χ2n) is 5.42. The third kappa shape index (κ3) is 4.34. The summed E-state index contributed by atoms with van der Waals surface area (Å²) < 4.78 is 5.81. The van der Waals surface area contributed by atoms with Crippen molar-refractivity contribution in [2.75, 3.05) is 25.1 Å². The van der Waals surface area contributed by atoms with Crippen LogP contribution in [0.2, 0.25) is 0 Å². The van der Waals surface area contributed by atoms with Gasteiger partial charge in [-0.05, 0) is 49.6 Å². The molecule has 2 rings (SSSR count). The molecule has 1 fully saturated rings. The van der Waals surface area contributed by atoms with Gasteiger partial charge in [0.05, 0.1) is 7.11 Å². The zero-order chi connectivity index (χ0) is 15.2. The Kier molecular flexibility index (Phi) is 5.85. The Balaban J connectivity index is 2.35. The summed E-state index contributed by atoms with van der Waals surface area (Å²) in [7, 11) is 1.41. The maximum absolute atomic E-state index is 11.6. The van der Waals surface area contributed by atoms with Crippen LogP contribution in [0.5, 0.6) is 0 Å². The van der Waals surface area contributed by atoms with E-state index in [0.29, 0.717) is 5.57 Å². The number of esters is 1. The highest BCUT2D eigenvalue weighted by Gasteiger charge is 2.14. The van der Waals surface area contributed by atoms with Gasteiger partial charge in [0.1, 0.15) is 0 Å². The molecule has 21 heavy (non-hydrogen) atoms. The number of halogens is 1. The molecule has 0 aromatic heterocycles. The average molecular weight is 352 g/mol. The van der Waals surface area contributed by atoms with E-state index >= 15 is 0 Å². The van der Waals surface area contributed by atoms with Crippen LogP contribution in [-0.2, 0) is 9.53 Å². The normalized spacial score (nSPS) is 16.5. The zero-order valence-electron chi connectivity index (χ0n) is 12.7. The number of benzene rings is 1. The summed E-state index contributed by atoms with van der Waals surface area (Å²) in [4.78, 5) is 14.1. The molecule has 114 valence electrons. The minimum absolute atomic E-state index is 0.281. The monoisotopic (exact) mass is 351 g/mol. The van der Waals surface area contributed by atoms with Crippen molar-refractivity contribution in [2.24, 2.45) is 0 Å². The molecule has 1 aliphatic rings. The molecule has 0 atom stereocenters. The number of hydrogen-bond acceptors (Lipinski definition) is 3. The molecule has 0 bridgehead atoms. The standard InChI is InChI=1S/C17H22BrNO2/c1-13(17(20)21-2)11-14-12-15(18)7-8-16(14)19-9-5-3-4-6-10-19/h7-8,11-12H,3-6,9-10H2,1-2H3. The van der Waals surface area contributed by atoms with Crippen LogP contribution in [0, 0.1) is 0 Å². The number of carbonyl (C=O) groups is 1. The zero-order valence-corrected chi connectivity index (χ0v) is 14.3. The molecule has 4 heteroatoms. The van der Waals surface area contributed by atoms with E-state index in [2.05, 4.69) is 39.0 Å². The molecule has 0 spiro atoms. The van der Waals surface area contributed by atoms with E-state index < -0.39 is 0 Å². The van der Waals surface area contributed by atoms with Crippen LogP contribution in [0.4, 0.5) is 5.69 Å². The van der Waals surface area contributed by atoms with Gasteiger partial charge in [0, 0.05) is 28.8 Å². The minimum Gasteiger partial charge on any atom is -0.466 e. The molecule has 0 radical (unpaired) electrons. The molecule has 1 aliphatic heterocycles. The van der Waals surface area contributed by atoms with Gasteiger partial charge in [-0.2, -0.15) is 0 Å². The van der Waals surface area contributed by atoms with Crippen molar-refractivity contribution in [3.8, 4) is 0 Å². The molecule has 0 unspecified atom stereocenters. The van der Waals surface area contributed by atoms with Crippen LogP contribution >= 0.6 is 15.9 Å². The van der Waals surface area contributed by atoms with E-state index in [4.69, 9.17) is 4.74 Å². The Morgan fingerprint density at radius 2 is 1.90 bits per heavy atom. The smallest absolute Gasteiger partial charge is 0.333 e. The first kappa shape index (κ1) is 16.1. The predicted octanol–water partition coefficient (Wildman–Crippen LogP) is 4.41. The number of methoxy groups -OCH3 is 1. The molecule has 0 aliphatic carbocycles. The first-order chi connectivity index (χ1) is 10.1. The van der Waals surface area contributed by atoms with Crippen molar-refractivity contribution in [3.63, 3.8) is 0 Å². The summed E-state index contributed by atoms with van der Waals surface area (Å²) in [5.74, 6) is -0.281. The maximum atomic E-state index is 11.6. The highest BCUT2D eigenvalue weighted by atomic mass is 79.9. The van der Waals surface area contributed by atoms with Crippen LogP contribution in [0.3, 0.4) is 0 Å². The molecule has 0 saturated carbocycles. The fraction of sp³-hybridized carbons (Fsp3) is 0.471. The first-order valence-electron chi connectivity index (χ1n) is 7.43. The van der Waals surface area contributed by atoms with E-state index in [1.165, 1.54) is 38.5 Å². The quantitative estimate of drug-likeness (QED) is 0.596. The molecular formula is C17H22BrNO2. The second-order valence-corrected chi connectivity index (χ2v) is 6.34. The lowest BCUT2D eigenvalue weighted by molar-refractivity contribution is -0.135. The molecule has 1 saturated heterocycles. The molecule has 1 aromatic rings. The summed E-state index contributed by atoms with van der Waals surface area (Å²) in [6, 6.07) is 6.25. The highest BCUT2D eigenvalue weighted by molar-refractivity contribution is 9.10. The number of anilines is 1. The number of rotatable bonds is 3. The SMILES string of the molecule is COC(=O)C(C)=Cc1cc(Br)ccc1N1CCCCCC1. The third-order valence-corrected chi connectivity index (χ3v) is 4.31. The van der Waals surface area contributed by atoms with Crippen LogP contribution < -0.4 is 4.90 Å². The average Bonchev–Trinajstić information content (AvgIpc) is 2.75. The van der Waals surface area contributed by atoms with Gasteiger partial charge in [-0.3, -0.25) is 0 Å². The van der Waals surface area contributed by atoms with Gasteiger partial charge in [-0.25, -0.2) is 4.79 Å². The van der Waals surface area contributed by atoms with E-state index in [0.717, 1.165) is 23.1 Å². The maximum Gasteiger partial charge on any atom is 0.333 e. The van der Waals surface area contributed by atoms with Crippen LogP contribution in [0.15, 0.2) is 28.2 Å². The number of carbonyl (C=O) groups excluding carboxylic acids is 1. The molecule has 1 aromatic carbocycles. The van der Waals surface area contributed by atoms with E-state index in [9.17, 15) is 4.79 Å². The summed E-state index contributed by atoms with van der Waals surface area (Å²) in [5, 5.41) is 0. The van der Waals surface area contributed by atoms with Crippen molar-refractivity contribution in [1.82, 2.24) is 0 Å². The minimum atomic E-state index is -0.281. The number of nitrogens with zero attached hydrogens (tertiary/aromatic N) is 1. The number of ether oxygens (including phenoxy) is 1. The van der Waals surface area contributed by atoms with E-state index in [-0.39, 0.29) is 5.97 Å². The van der Waals surface area contributed by atoms with Gasteiger partial charge < -0.3 is 9.64 Å². The van der Waals surface area contributed by atoms with Crippen molar-refractivity contribution >= 4 is 33.7 Å². The lowest BCUT2D eigenvalue weighted by atomic mass is 10.1. The molecule has 1 heterocycles. The third-order valence-electron chi connectivity index (χ3n) is 3.82. The Labute approximate surface area is 135 Å². The van der Waals surface area contributed by atoms with Crippen molar-refractivity contribution < 1.29 is 9.53 Å². The fourth-order valence-electron chi connectivity index (χ4n) is 2.69. The Morgan fingerprint density at radius 1 is 1.24 bits per heavy atom. The van der Waals surface area contributed by atoms with Gasteiger partial charge >= 0.3 is 5.97 Å². The van der Waals surface area contributed by atoms with E-state index in [1.54, 1.807) is 6.92 Å². The lowest BCUT2D eigenvalue weighted by Crippen LogP contribution is -2.24. The van der Waals surface area contributed by atoms with Gasteiger partial charge in [-0.1, -0.05) is 28.8 Å². The number of hydrogen-bond donors (Lipinski definition) is 0. The predicted molar refractivity (Wildman–Crippen MR) is 90.5 cm³/mol. The molecule has 0 N–H and O–H groups in total. The lowest BCUT2D eigenvalue weighted by Gasteiger charge is -2.25. The van der Waals surface area contributed by atoms with Gasteiger partial charge in [0.2, 0.25) is 0 Å². The van der Waals surface area contributed by atoms with Crippen molar-refractivity contribution in [1.29, 1.82) is 0 Å². The van der Waals surface area contributed by atoms with Crippen molar-refractivity contribution in [3.05, 3.63) is 33.8 Å². The Hall–Kier alpha value is -1.29. The Bertz CT molecular complexity index is 532. The van der Waals surface area contributed by atoms with Crippen LogP contribution in [0.1, 0.15) is 38.2 Å². The highest BCUT2D eigenvalue weighted by Crippen LogP contribution is 2.28. The molecule has 3 nitrogen and oxygen atoms in total. The first-order valence-corrected chi connectivity index (χ1v) is 8.22. The van der Waals surface area contributed by atoms with Crippen molar-refractivity contribution in [2.45, 2.75) is 32.6 Å². The van der Waals surface area contributed by atoms with Crippen LogP contribution in [0.25, 0.3) is 6.08 Å². The largest absolute Gasteiger partial charge is 0.466 e. The molecule has 0 amide bonds. The Morgan fingerprint density at radius 3 is 2.52 bits per heavy atom. The summed E-state index contributed by atoms with van der Waals surface area (Å²) in [6.45, 7) is 3.96.